The van der Waals surface area contributed by atoms with E-state index in [1.165, 1.54) is 19.3 Å². The molecule has 0 saturated carbocycles. The van der Waals surface area contributed by atoms with Crippen molar-refractivity contribution in [1.82, 2.24) is 19.6 Å². The minimum Gasteiger partial charge on any atom is -0.484 e. The van der Waals surface area contributed by atoms with E-state index in [1.807, 2.05) is 0 Å². The van der Waals surface area contributed by atoms with Crippen molar-refractivity contribution < 1.29 is 37.1 Å². The van der Waals surface area contributed by atoms with E-state index >= 15 is 0 Å². The molecule has 1 atom stereocenters. The van der Waals surface area contributed by atoms with E-state index in [2.05, 4.69) is 27.2 Å². The van der Waals surface area contributed by atoms with E-state index in [0.717, 1.165) is 19.0 Å². The van der Waals surface area contributed by atoms with Gasteiger partial charge in [-0.15, -0.1) is 5.06 Å². The lowest BCUT2D eigenvalue weighted by atomic mass is 10.1. The SMILES string of the molecule is C=CON1CCCCC(n2c(NC(=O)c3ccnc(C(F)(F)F)c3)nc3cc(NC(C)=O)c4c(c32)OCCO4)C1. The molecule has 40 heavy (non-hydrogen) atoms. The molecule has 2 N–H and O–H groups in total. The Labute approximate surface area is 226 Å². The van der Waals surface area contributed by atoms with Gasteiger partial charge in [-0.3, -0.25) is 19.9 Å². The van der Waals surface area contributed by atoms with Gasteiger partial charge in [0.25, 0.3) is 5.91 Å². The number of imidazole rings is 1. The molecule has 0 aliphatic carbocycles. The van der Waals surface area contributed by atoms with E-state index in [0.29, 0.717) is 53.8 Å². The monoisotopic (exact) mass is 560 g/mol. The van der Waals surface area contributed by atoms with Gasteiger partial charge >= 0.3 is 6.18 Å². The zero-order valence-electron chi connectivity index (χ0n) is 21.6. The molecule has 2 aromatic heterocycles. The molecule has 2 amide bonds. The van der Waals surface area contributed by atoms with Crippen molar-refractivity contribution in [3.8, 4) is 11.5 Å². The lowest BCUT2D eigenvalue weighted by Gasteiger charge is -2.27. The summed E-state index contributed by atoms with van der Waals surface area (Å²) in [4.78, 5) is 38.6. The number of rotatable bonds is 6. The number of anilines is 2. The number of amides is 2. The Kier molecular flexibility index (Phi) is 7.52. The van der Waals surface area contributed by atoms with Crippen molar-refractivity contribution in [3.05, 3.63) is 48.5 Å². The maximum Gasteiger partial charge on any atom is 0.433 e. The van der Waals surface area contributed by atoms with Crippen molar-refractivity contribution in [2.45, 2.75) is 38.4 Å². The molecule has 1 unspecified atom stereocenters. The highest BCUT2D eigenvalue weighted by atomic mass is 19.4. The second kappa shape index (κ2) is 11.0. The van der Waals surface area contributed by atoms with Crippen LogP contribution in [0.5, 0.6) is 11.5 Å². The summed E-state index contributed by atoms with van der Waals surface area (Å²) in [6.45, 7) is 6.54. The fraction of sp³-hybridized carbons (Fsp3) is 0.385. The minimum absolute atomic E-state index is 0.0900. The van der Waals surface area contributed by atoms with Crippen molar-refractivity contribution in [1.29, 1.82) is 0 Å². The number of nitrogens with one attached hydrogen (secondary N) is 2. The van der Waals surface area contributed by atoms with E-state index in [-0.39, 0.29) is 36.7 Å². The van der Waals surface area contributed by atoms with E-state index in [9.17, 15) is 22.8 Å². The van der Waals surface area contributed by atoms with Gasteiger partial charge in [0, 0.05) is 25.2 Å². The van der Waals surface area contributed by atoms with Crippen LogP contribution < -0.4 is 20.1 Å². The molecule has 3 aromatic rings. The fourth-order valence-electron chi connectivity index (χ4n) is 4.90. The number of halogens is 3. The topological polar surface area (TPSA) is 120 Å². The van der Waals surface area contributed by atoms with Crippen LogP contribution in [0.3, 0.4) is 0 Å². The Bertz CT molecular complexity index is 1460. The Morgan fingerprint density at radius 3 is 2.67 bits per heavy atom. The normalized spacial score (nSPS) is 17.6. The molecule has 0 radical (unpaired) electrons. The third-order valence-electron chi connectivity index (χ3n) is 6.51. The zero-order valence-corrected chi connectivity index (χ0v) is 21.6. The van der Waals surface area contributed by atoms with Gasteiger partial charge in [0.2, 0.25) is 11.9 Å². The molecule has 212 valence electrons. The Balaban J connectivity index is 1.64. The summed E-state index contributed by atoms with van der Waals surface area (Å²) in [7, 11) is 0. The number of carbonyl (C=O) groups excluding carboxylic acids is 2. The largest absolute Gasteiger partial charge is 0.484 e. The van der Waals surface area contributed by atoms with Crippen molar-refractivity contribution >= 4 is 34.5 Å². The predicted molar refractivity (Wildman–Crippen MR) is 138 cm³/mol. The number of hydrogen-bond acceptors (Lipinski definition) is 8. The van der Waals surface area contributed by atoms with Gasteiger partial charge in [-0.1, -0.05) is 6.58 Å². The van der Waals surface area contributed by atoms with Crippen LogP contribution in [0.15, 0.2) is 37.2 Å². The maximum atomic E-state index is 13.2. The summed E-state index contributed by atoms with van der Waals surface area (Å²) in [6.07, 6.45) is -0.0935. The van der Waals surface area contributed by atoms with E-state index < -0.39 is 17.8 Å². The summed E-state index contributed by atoms with van der Waals surface area (Å²) in [5.41, 5.74) is -0.184. The number of hydroxylamine groups is 2. The van der Waals surface area contributed by atoms with Gasteiger partial charge in [-0.25, -0.2) is 4.98 Å². The van der Waals surface area contributed by atoms with Crippen LogP contribution >= 0.6 is 0 Å². The number of fused-ring (bicyclic) bond motifs is 3. The molecule has 0 bridgehead atoms. The summed E-state index contributed by atoms with van der Waals surface area (Å²) in [5.74, 6) is -0.380. The first kappa shape index (κ1) is 27.2. The molecule has 1 saturated heterocycles. The van der Waals surface area contributed by atoms with Crippen molar-refractivity contribution in [3.63, 3.8) is 0 Å². The number of aromatic nitrogens is 3. The van der Waals surface area contributed by atoms with Crippen LogP contribution in [0.1, 0.15) is 48.3 Å². The van der Waals surface area contributed by atoms with Gasteiger partial charge < -0.3 is 24.2 Å². The third kappa shape index (κ3) is 5.52. The van der Waals surface area contributed by atoms with Crippen LogP contribution in [0, 0.1) is 0 Å². The molecule has 5 rings (SSSR count). The van der Waals surface area contributed by atoms with E-state index in [1.54, 1.807) is 15.7 Å². The lowest BCUT2D eigenvalue weighted by Crippen LogP contribution is -2.30. The number of hydrogen-bond donors (Lipinski definition) is 2. The predicted octanol–water partition coefficient (Wildman–Crippen LogP) is 4.53. The second-order valence-electron chi connectivity index (χ2n) is 9.32. The second-order valence-corrected chi connectivity index (χ2v) is 9.32. The first-order valence-corrected chi connectivity index (χ1v) is 12.6. The highest BCUT2D eigenvalue weighted by Crippen LogP contribution is 2.46. The number of benzene rings is 1. The number of ether oxygens (including phenoxy) is 2. The number of pyridine rings is 1. The first-order valence-electron chi connectivity index (χ1n) is 12.6. The van der Waals surface area contributed by atoms with Crippen molar-refractivity contribution in [2.24, 2.45) is 0 Å². The smallest absolute Gasteiger partial charge is 0.433 e. The summed E-state index contributed by atoms with van der Waals surface area (Å²) < 4.78 is 53.4. The molecular weight excluding hydrogens is 533 g/mol. The van der Waals surface area contributed by atoms with Crippen LogP contribution in [0.2, 0.25) is 0 Å². The van der Waals surface area contributed by atoms with Crippen LogP contribution in [-0.2, 0) is 15.8 Å². The average Bonchev–Trinajstić information content (AvgIpc) is 3.10. The van der Waals surface area contributed by atoms with Gasteiger partial charge in [-0.2, -0.15) is 13.2 Å². The Morgan fingerprint density at radius 1 is 1.18 bits per heavy atom. The maximum absolute atomic E-state index is 13.2. The molecule has 1 fully saturated rings. The lowest BCUT2D eigenvalue weighted by molar-refractivity contribution is -0.141. The summed E-state index contributed by atoms with van der Waals surface area (Å²) >= 11 is 0. The molecule has 14 heteroatoms. The Hall–Kier alpha value is -4.33. The molecule has 2 aliphatic rings. The fourth-order valence-corrected chi connectivity index (χ4v) is 4.90. The summed E-state index contributed by atoms with van der Waals surface area (Å²) in [6, 6.07) is 3.20. The molecule has 11 nitrogen and oxygen atoms in total. The van der Waals surface area contributed by atoms with Gasteiger partial charge in [-0.05, 0) is 37.5 Å². The third-order valence-corrected chi connectivity index (χ3v) is 6.51. The van der Waals surface area contributed by atoms with Gasteiger partial charge in [0.1, 0.15) is 30.7 Å². The Morgan fingerprint density at radius 2 is 1.95 bits per heavy atom. The minimum atomic E-state index is -4.71. The first-order chi connectivity index (χ1) is 19.2. The molecule has 4 heterocycles. The quantitative estimate of drug-likeness (QED) is 0.422. The number of nitrogens with zero attached hydrogens (tertiary/aromatic N) is 4. The zero-order chi connectivity index (χ0) is 28.4. The highest BCUT2D eigenvalue weighted by Gasteiger charge is 2.34. The molecule has 1 aromatic carbocycles. The number of carbonyl (C=O) groups is 2. The van der Waals surface area contributed by atoms with E-state index in [4.69, 9.17) is 14.3 Å². The van der Waals surface area contributed by atoms with Crippen molar-refractivity contribution in [2.75, 3.05) is 36.9 Å². The van der Waals surface area contributed by atoms with Crippen LogP contribution in [0.25, 0.3) is 11.0 Å². The van der Waals surface area contributed by atoms with Crippen LogP contribution in [-0.4, -0.2) is 57.7 Å². The standard InChI is InChI=1S/C26H27F3N6O5/c1-3-40-34-9-5-4-6-17(14-34)35-21-18(13-19(31-15(2)36)22-23(21)39-11-10-38-22)32-25(35)33-24(37)16-7-8-30-20(12-16)26(27,28)29/h3,7-8,12-13,17H,1,4-6,9-11,14H2,2H3,(H,31,36)(H,32,33,37). The average molecular weight is 561 g/mol. The summed E-state index contributed by atoms with van der Waals surface area (Å²) in [5, 5.41) is 7.15. The molecular formula is C26H27F3N6O5. The highest BCUT2D eigenvalue weighted by molar-refractivity contribution is 6.05. The van der Waals surface area contributed by atoms with Crippen LogP contribution in [0.4, 0.5) is 24.8 Å². The number of alkyl halides is 3. The van der Waals surface area contributed by atoms with Gasteiger partial charge in [0.15, 0.2) is 11.5 Å². The molecule has 0 spiro atoms. The molecule has 2 aliphatic heterocycles. The van der Waals surface area contributed by atoms with Gasteiger partial charge in [0.05, 0.1) is 23.8 Å².